The summed E-state index contributed by atoms with van der Waals surface area (Å²) in [5.74, 6) is -0.585. The van der Waals surface area contributed by atoms with E-state index in [9.17, 15) is 23.5 Å². The van der Waals surface area contributed by atoms with Crippen LogP contribution in [0.15, 0.2) is 60.7 Å². The minimum absolute atomic E-state index is 0. The molecule has 0 unspecified atom stereocenters. The molecular weight excluding hydrogens is 613 g/mol. The number of hydrogen-bond acceptors (Lipinski definition) is 8. The van der Waals surface area contributed by atoms with Crippen LogP contribution in [-0.2, 0) is 42.2 Å². The minimum Gasteiger partial charge on any atom is -0.447 e. The van der Waals surface area contributed by atoms with Gasteiger partial charge in [0, 0.05) is 38.3 Å². The van der Waals surface area contributed by atoms with E-state index in [-0.39, 0.29) is 18.6 Å². The molecule has 0 bridgehead atoms. The monoisotopic (exact) mass is 651 g/mol. The number of benzene rings is 2. The molecule has 8 atom stereocenters. The first-order valence-corrected chi connectivity index (χ1v) is 13.6. The summed E-state index contributed by atoms with van der Waals surface area (Å²) in [4.78, 5) is 22.5. The van der Waals surface area contributed by atoms with Crippen LogP contribution >= 0.6 is 11.6 Å². The fourth-order valence-electron chi connectivity index (χ4n) is 4.43. The smallest absolute Gasteiger partial charge is 0.338 e. The number of alkyl halides is 2. The summed E-state index contributed by atoms with van der Waals surface area (Å²) in [6.07, 6.45) is -4.71. The summed E-state index contributed by atoms with van der Waals surface area (Å²) >= 11 is 5.16. The minimum atomic E-state index is -1.52. The molecule has 0 aliphatic carbocycles. The summed E-state index contributed by atoms with van der Waals surface area (Å²) in [6.45, 7) is 6.52. The molecule has 0 amide bonds. The van der Waals surface area contributed by atoms with E-state index in [1.165, 1.54) is 28.1 Å². The Morgan fingerprint density at radius 2 is 1.26 bits per heavy atom. The Morgan fingerprint density at radius 3 is 1.62 bits per heavy atom. The number of methoxy groups -OCH3 is 2. The maximum absolute atomic E-state index is 14.5. The number of ether oxygens (including phenoxy) is 5. The molecule has 0 saturated carbocycles. The van der Waals surface area contributed by atoms with Gasteiger partial charge in [0.25, 0.3) is 5.24 Å². The zero-order valence-electron chi connectivity index (χ0n) is 24.5. The van der Waals surface area contributed by atoms with Gasteiger partial charge in [0.05, 0.1) is 17.8 Å². The van der Waals surface area contributed by atoms with Crippen molar-refractivity contribution in [2.75, 3.05) is 14.2 Å². The standard InChI is InChI=1S/C15H19FO4.C8H15FO3.C7H5ClO.V/c1-4-11-12(16)15(2,14(18-3)19-11)20-13(17)10-8-6-5-7-9-10;1-4-5-6(9)8(2,10)7(11-3)12-5;8-7(9)6-4-2-1-3-5-6;/h5-9,11-12,14H,4H2,1-3H3;5-7,10H,4H2,1-3H3;1-5H;/t11-,12-,14+,15-;5-,6-,7+,8-;;/m11../s1. The molecule has 4 rings (SSSR count). The quantitative estimate of drug-likeness (QED) is 0.303. The first-order chi connectivity index (χ1) is 19.4. The van der Waals surface area contributed by atoms with Gasteiger partial charge in [-0.25, -0.2) is 13.6 Å². The fourth-order valence-corrected chi connectivity index (χ4v) is 4.56. The number of rotatable bonds is 7. The topological polar surface area (TPSA) is 101 Å². The number of hydrogen-bond donors (Lipinski definition) is 1. The summed E-state index contributed by atoms with van der Waals surface area (Å²) in [5, 5.41) is 9.19. The molecule has 1 radical (unpaired) electrons. The second-order valence-corrected chi connectivity index (χ2v) is 10.3. The summed E-state index contributed by atoms with van der Waals surface area (Å²) in [7, 11) is 2.80. The predicted octanol–water partition coefficient (Wildman–Crippen LogP) is 5.64. The molecule has 2 aliphatic rings. The average Bonchev–Trinajstić information content (AvgIpc) is 3.36. The molecule has 12 heteroatoms. The van der Waals surface area contributed by atoms with Crippen molar-refractivity contribution in [1.29, 1.82) is 0 Å². The van der Waals surface area contributed by atoms with Gasteiger partial charge in [0.1, 0.15) is 5.60 Å². The van der Waals surface area contributed by atoms with E-state index in [0.717, 1.165) is 0 Å². The van der Waals surface area contributed by atoms with Crippen LogP contribution in [0.5, 0.6) is 0 Å². The van der Waals surface area contributed by atoms with E-state index in [0.29, 0.717) is 24.0 Å². The van der Waals surface area contributed by atoms with Crippen LogP contribution in [-0.4, -0.2) is 78.9 Å². The Morgan fingerprint density at radius 1 is 0.833 bits per heavy atom. The third-order valence-electron chi connectivity index (χ3n) is 6.86. The van der Waals surface area contributed by atoms with Gasteiger partial charge in [-0.2, -0.15) is 0 Å². The van der Waals surface area contributed by atoms with Crippen LogP contribution in [0.3, 0.4) is 0 Å². The third-order valence-corrected chi connectivity index (χ3v) is 7.07. The maximum Gasteiger partial charge on any atom is 0.338 e. The van der Waals surface area contributed by atoms with Crippen molar-refractivity contribution in [3.63, 3.8) is 0 Å². The van der Waals surface area contributed by atoms with Gasteiger partial charge in [-0.05, 0) is 50.4 Å². The number of carbonyl (C=O) groups excluding carboxylic acids is 2. The van der Waals surface area contributed by atoms with Crippen LogP contribution in [0.2, 0.25) is 0 Å². The van der Waals surface area contributed by atoms with Gasteiger partial charge in [0.15, 0.2) is 24.2 Å². The Balaban J connectivity index is 0.000000342. The van der Waals surface area contributed by atoms with Crippen LogP contribution in [0.1, 0.15) is 61.3 Å². The van der Waals surface area contributed by atoms with Crippen LogP contribution in [0.25, 0.3) is 0 Å². The summed E-state index contributed by atoms with van der Waals surface area (Å²) in [6, 6.07) is 17.2. The van der Waals surface area contributed by atoms with Gasteiger partial charge < -0.3 is 28.8 Å². The van der Waals surface area contributed by atoms with Gasteiger partial charge in [-0.3, -0.25) is 4.79 Å². The summed E-state index contributed by atoms with van der Waals surface area (Å²) < 4.78 is 53.7. The van der Waals surface area contributed by atoms with Crippen molar-refractivity contribution >= 4 is 22.8 Å². The van der Waals surface area contributed by atoms with E-state index < -0.39 is 59.5 Å². The Kier molecular flexibility index (Phi) is 15.8. The van der Waals surface area contributed by atoms with Gasteiger partial charge >= 0.3 is 5.97 Å². The van der Waals surface area contributed by atoms with Crippen LogP contribution in [0.4, 0.5) is 8.78 Å². The fraction of sp³-hybridized carbons (Fsp3) is 0.533. The van der Waals surface area contributed by atoms with E-state index >= 15 is 0 Å². The molecule has 2 aromatic carbocycles. The maximum atomic E-state index is 14.5. The Hall–Kier alpha value is -1.89. The second kappa shape index (κ2) is 17.4. The molecule has 42 heavy (non-hydrogen) atoms. The molecule has 0 spiro atoms. The number of aliphatic hydroxyl groups is 1. The van der Waals surface area contributed by atoms with Gasteiger partial charge in [0.2, 0.25) is 6.29 Å². The molecule has 0 aromatic heterocycles. The average molecular weight is 652 g/mol. The number of carbonyl (C=O) groups is 2. The van der Waals surface area contributed by atoms with E-state index in [4.69, 9.17) is 35.3 Å². The molecule has 2 aliphatic heterocycles. The van der Waals surface area contributed by atoms with Gasteiger partial charge in [-0.15, -0.1) is 0 Å². The molecular formula is C30H39ClF2O8V. The van der Waals surface area contributed by atoms with Crippen molar-refractivity contribution in [1.82, 2.24) is 0 Å². The first-order valence-electron chi connectivity index (χ1n) is 13.3. The van der Waals surface area contributed by atoms with Crippen LogP contribution < -0.4 is 0 Å². The molecule has 1 N–H and O–H groups in total. The van der Waals surface area contributed by atoms with E-state index in [2.05, 4.69) is 0 Å². The van der Waals surface area contributed by atoms with Crippen molar-refractivity contribution < 1.29 is 65.7 Å². The molecule has 2 heterocycles. The van der Waals surface area contributed by atoms with Crippen molar-refractivity contribution in [2.24, 2.45) is 0 Å². The van der Waals surface area contributed by atoms with Crippen molar-refractivity contribution in [3.8, 4) is 0 Å². The van der Waals surface area contributed by atoms with Crippen molar-refractivity contribution in [3.05, 3.63) is 71.8 Å². The zero-order valence-corrected chi connectivity index (χ0v) is 26.7. The zero-order chi connectivity index (χ0) is 30.8. The summed E-state index contributed by atoms with van der Waals surface area (Å²) in [5.41, 5.74) is -2.05. The van der Waals surface area contributed by atoms with E-state index in [1.54, 1.807) is 54.6 Å². The molecule has 2 aromatic rings. The predicted molar refractivity (Wildman–Crippen MR) is 149 cm³/mol. The Bertz CT molecular complexity index is 1090. The second-order valence-electron chi connectivity index (χ2n) is 9.91. The molecule has 233 valence electrons. The molecule has 2 saturated heterocycles. The molecule has 2 fully saturated rings. The normalized spacial score (nSPS) is 31.5. The van der Waals surface area contributed by atoms with Crippen molar-refractivity contribution in [2.45, 2.75) is 88.9 Å². The Labute approximate surface area is 262 Å². The SMILES string of the molecule is CC[C@H]1O[C@H](OC)[C@](C)(O)[C@@H]1F.CC[C@H]1O[C@H](OC)[C@](C)(OC(=O)c2ccccc2)[C@@H]1F.O=C(Cl)c1ccccc1.[V]. The largest absolute Gasteiger partial charge is 0.447 e. The van der Waals surface area contributed by atoms with Crippen LogP contribution in [0, 0.1) is 0 Å². The van der Waals surface area contributed by atoms with Gasteiger partial charge in [-0.1, -0.05) is 62.4 Å². The third kappa shape index (κ3) is 9.31. The number of halogens is 3. The first kappa shape index (κ1) is 38.1. The number of esters is 1. The molecule has 8 nitrogen and oxygen atoms in total. The van der Waals surface area contributed by atoms with E-state index in [1.807, 2.05) is 19.9 Å².